The molecule has 1 aromatic heterocycles. The minimum Gasteiger partial charge on any atom is -0.497 e. The van der Waals surface area contributed by atoms with Crippen LogP contribution in [0.15, 0.2) is 72.8 Å². The lowest BCUT2D eigenvalue weighted by Gasteiger charge is -2.09. The van der Waals surface area contributed by atoms with Gasteiger partial charge in [-0.2, -0.15) is 4.80 Å². The first kappa shape index (κ1) is 19.5. The quantitative estimate of drug-likeness (QED) is 0.484. The molecule has 0 aliphatic heterocycles. The number of amides is 1. The van der Waals surface area contributed by atoms with Gasteiger partial charge < -0.3 is 15.4 Å². The number of hydrogen-bond acceptors (Lipinski definition) is 5. The molecule has 0 radical (unpaired) electrons. The zero-order valence-electron chi connectivity index (χ0n) is 16.2. The SMILES string of the molecule is COc1ccc(-n2nc3ccc(NC(=S)NC(=O)Cc4ccccc4)cc3n2)cc1. The highest BCUT2D eigenvalue weighted by Gasteiger charge is 2.09. The summed E-state index contributed by atoms with van der Waals surface area (Å²) >= 11 is 5.26. The Kier molecular flexibility index (Phi) is 5.67. The van der Waals surface area contributed by atoms with E-state index >= 15 is 0 Å². The maximum Gasteiger partial charge on any atom is 0.230 e. The van der Waals surface area contributed by atoms with Gasteiger partial charge in [0, 0.05) is 5.69 Å². The van der Waals surface area contributed by atoms with E-state index in [1.165, 1.54) is 0 Å². The molecule has 30 heavy (non-hydrogen) atoms. The monoisotopic (exact) mass is 417 g/mol. The van der Waals surface area contributed by atoms with Crippen LogP contribution < -0.4 is 15.4 Å². The van der Waals surface area contributed by atoms with Gasteiger partial charge in [-0.05, 0) is 60.2 Å². The van der Waals surface area contributed by atoms with Gasteiger partial charge in [0.1, 0.15) is 16.8 Å². The first-order chi connectivity index (χ1) is 14.6. The second-order valence-electron chi connectivity index (χ2n) is 6.56. The number of hydrogen-bond donors (Lipinski definition) is 2. The minimum absolute atomic E-state index is 0.176. The van der Waals surface area contributed by atoms with Gasteiger partial charge in [-0.3, -0.25) is 4.79 Å². The van der Waals surface area contributed by atoms with Crippen LogP contribution in [0.4, 0.5) is 5.69 Å². The van der Waals surface area contributed by atoms with Crippen LogP contribution in [0.1, 0.15) is 5.56 Å². The lowest BCUT2D eigenvalue weighted by Crippen LogP contribution is -2.35. The Morgan fingerprint density at radius 1 is 1.00 bits per heavy atom. The normalized spacial score (nSPS) is 10.6. The second-order valence-corrected chi connectivity index (χ2v) is 6.96. The van der Waals surface area contributed by atoms with E-state index in [2.05, 4.69) is 20.8 Å². The molecule has 1 heterocycles. The number of anilines is 1. The van der Waals surface area contributed by atoms with Gasteiger partial charge >= 0.3 is 0 Å². The van der Waals surface area contributed by atoms with Crippen molar-refractivity contribution in [2.75, 3.05) is 12.4 Å². The third-order valence-corrected chi connectivity index (χ3v) is 4.61. The van der Waals surface area contributed by atoms with Crippen LogP contribution in [-0.2, 0) is 11.2 Å². The van der Waals surface area contributed by atoms with Crippen molar-refractivity contribution in [2.24, 2.45) is 0 Å². The molecule has 0 saturated heterocycles. The fraction of sp³-hybridized carbons (Fsp3) is 0.0909. The van der Waals surface area contributed by atoms with Crippen molar-refractivity contribution in [2.45, 2.75) is 6.42 Å². The summed E-state index contributed by atoms with van der Waals surface area (Å²) in [6.45, 7) is 0. The van der Waals surface area contributed by atoms with Crippen LogP contribution in [0, 0.1) is 0 Å². The topological polar surface area (TPSA) is 81.1 Å². The van der Waals surface area contributed by atoms with Gasteiger partial charge in [-0.15, -0.1) is 10.2 Å². The van der Waals surface area contributed by atoms with Crippen molar-refractivity contribution in [3.8, 4) is 11.4 Å². The van der Waals surface area contributed by atoms with Crippen LogP contribution in [0.3, 0.4) is 0 Å². The molecule has 0 bridgehead atoms. The molecule has 0 spiro atoms. The van der Waals surface area contributed by atoms with Crippen LogP contribution in [0.5, 0.6) is 5.75 Å². The van der Waals surface area contributed by atoms with Crippen molar-refractivity contribution < 1.29 is 9.53 Å². The Morgan fingerprint density at radius 2 is 1.73 bits per heavy atom. The van der Waals surface area contributed by atoms with Crippen molar-refractivity contribution in [3.63, 3.8) is 0 Å². The molecule has 0 atom stereocenters. The maximum absolute atomic E-state index is 12.2. The average Bonchev–Trinajstić information content (AvgIpc) is 3.17. The number of aromatic nitrogens is 3. The number of nitrogens with zero attached hydrogens (tertiary/aromatic N) is 3. The Morgan fingerprint density at radius 3 is 2.47 bits per heavy atom. The molecule has 0 aliphatic carbocycles. The van der Waals surface area contributed by atoms with Gasteiger partial charge in [0.2, 0.25) is 5.91 Å². The predicted octanol–water partition coefficient (Wildman–Crippen LogP) is 3.48. The summed E-state index contributed by atoms with van der Waals surface area (Å²) in [4.78, 5) is 13.7. The number of fused-ring (bicyclic) bond motifs is 1. The van der Waals surface area contributed by atoms with E-state index in [1.54, 1.807) is 11.9 Å². The molecule has 7 nitrogen and oxygen atoms in total. The Bertz CT molecular complexity index is 1190. The highest BCUT2D eigenvalue weighted by atomic mass is 32.1. The molecule has 8 heteroatoms. The highest BCUT2D eigenvalue weighted by molar-refractivity contribution is 7.80. The number of carbonyl (C=O) groups excluding carboxylic acids is 1. The third-order valence-electron chi connectivity index (χ3n) is 4.40. The molecule has 0 aliphatic rings. The number of nitrogens with one attached hydrogen (secondary N) is 2. The van der Waals surface area contributed by atoms with Gasteiger partial charge in [0.15, 0.2) is 5.11 Å². The van der Waals surface area contributed by atoms with E-state index in [0.717, 1.165) is 22.5 Å². The lowest BCUT2D eigenvalue weighted by molar-refractivity contribution is -0.119. The van der Waals surface area contributed by atoms with Crippen LogP contribution in [-0.4, -0.2) is 33.1 Å². The van der Waals surface area contributed by atoms with Crippen molar-refractivity contribution in [1.82, 2.24) is 20.3 Å². The molecule has 0 saturated carbocycles. The lowest BCUT2D eigenvalue weighted by atomic mass is 10.1. The summed E-state index contributed by atoms with van der Waals surface area (Å²) < 4.78 is 5.18. The number of thiocarbonyl (C=S) groups is 1. The fourth-order valence-corrected chi connectivity index (χ4v) is 3.17. The molecule has 0 unspecified atom stereocenters. The molecule has 0 fully saturated rings. The zero-order valence-corrected chi connectivity index (χ0v) is 17.0. The number of benzene rings is 3. The standard InChI is InChI=1S/C22H19N5O2S/c1-29-18-10-8-17(9-11-18)27-25-19-12-7-16(14-20(19)26-27)23-22(30)24-21(28)13-15-5-3-2-4-6-15/h2-12,14H,13H2,1H3,(H2,23,24,28,30). The van der Waals surface area contributed by atoms with Crippen LogP contribution in [0.25, 0.3) is 16.7 Å². The van der Waals surface area contributed by atoms with Gasteiger partial charge in [0.05, 0.1) is 19.2 Å². The average molecular weight is 417 g/mol. The summed E-state index contributed by atoms with van der Waals surface area (Å²) in [5.41, 5.74) is 3.92. The summed E-state index contributed by atoms with van der Waals surface area (Å²) in [5, 5.41) is 15.0. The van der Waals surface area contributed by atoms with E-state index in [9.17, 15) is 4.79 Å². The number of carbonyl (C=O) groups is 1. The fourth-order valence-electron chi connectivity index (χ4n) is 2.94. The zero-order chi connectivity index (χ0) is 20.9. The number of ether oxygens (including phenoxy) is 1. The maximum atomic E-state index is 12.2. The van der Waals surface area contributed by atoms with E-state index in [4.69, 9.17) is 17.0 Å². The van der Waals surface area contributed by atoms with E-state index < -0.39 is 0 Å². The smallest absolute Gasteiger partial charge is 0.230 e. The summed E-state index contributed by atoms with van der Waals surface area (Å²) in [6.07, 6.45) is 0.262. The second kappa shape index (κ2) is 8.71. The number of rotatable bonds is 5. The summed E-state index contributed by atoms with van der Waals surface area (Å²) in [7, 11) is 1.62. The summed E-state index contributed by atoms with van der Waals surface area (Å²) in [5.74, 6) is 0.593. The molecule has 150 valence electrons. The molecule has 4 aromatic rings. The number of methoxy groups -OCH3 is 1. The van der Waals surface area contributed by atoms with Crippen molar-refractivity contribution in [3.05, 3.63) is 78.4 Å². The van der Waals surface area contributed by atoms with Crippen molar-refractivity contribution in [1.29, 1.82) is 0 Å². The van der Waals surface area contributed by atoms with Gasteiger partial charge in [0.25, 0.3) is 0 Å². The van der Waals surface area contributed by atoms with Crippen LogP contribution >= 0.6 is 12.2 Å². The molecule has 4 rings (SSSR count). The largest absolute Gasteiger partial charge is 0.497 e. The minimum atomic E-state index is -0.176. The predicted molar refractivity (Wildman–Crippen MR) is 120 cm³/mol. The molecule has 1 amide bonds. The van der Waals surface area contributed by atoms with E-state index in [0.29, 0.717) is 11.2 Å². The molecule has 2 N–H and O–H groups in total. The Balaban J connectivity index is 1.42. The van der Waals surface area contributed by atoms with Gasteiger partial charge in [-0.1, -0.05) is 30.3 Å². The first-order valence-corrected chi connectivity index (χ1v) is 9.68. The summed E-state index contributed by atoms with van der Waals surface area (Å²) in [6, 6.07) is 22.5. The Hall–Kier alpha value is -3.78. The highest BCUT2D eigenvalue weighted by Crippen LogP contribution is 2.19. The van der Waals surface area contributed by atoms with E-state index in [1.807, 2.05) is 72.8 Å². The van der Waals surface area contributed by atoms with E-state index in [-0.39, 0.29) is 17.4 Å². The molecular formula is C22H19N5O2S. The molecule has 3 aromatic carbocycles. The Labute approximate surface area is 178 Å². The van der Waals surface area contributed by atoms with Crippen molar-refractivity contribution >= 4 is 40.0 Å². The van der Waals surface area contributed by atoms with Crippen LogP contribution in [0.2, 0.25) is 0 Å². The first-order valence-electron chi connectivity index (χ1n) is 9.27. The third kappa shape index (κ3) is 4.61. The molecular weight excluding hydrogens is 398 g/mol. The van der Waals surface area contributed by atoms with Gasteiger partial charge in [-0.25, -0.2) is 0 Å².